The lowest BCUT2D eigenvalue weighted by Gasteiger charge is -1.95. The van der Waals surface area contributed by atoms with Crippen molar-refractivity contribution >= 4 is 5.71 Å². The minimum absolute atomic E-state index is 0.224. The molecule has 2 nitrogen and oxygen atoms in total. The topological polar surface area (TPSA) is 21.6 Å². The molecule has 2 rings (SSSR count). The maximum atomic E-state index is 12.5. The maximum absolute atomic E-state index is 12.5. The van der Waals surface area contributed by atoms with Gasteiger partial charge in [0.05, 0.1) is 5.71 Å². The fourth-order valence-electron chi connectivity index (χ4n) is 1.15. The molecule has 62 valence electrons. The molecular weight excluding hydrogens is 157 g/mol. The van der Waals surface area contributed by atoms with E-state index in [0.717, 1.165) is 17.7 Å². The highest BCUT2D eigenvalue weighted by Gasteiger charge is 2.09. The van der Waals surface area contributed by atoms with Crippen molar-refractivity contribution in [2.45, 2.75) is 6.42 Å². The van der Waals surface area contributed by atoms with Gasteiger partial charge in [0.25, 0.3) is 0 Å². The summed E-state index contributed by atoms with van der Waals surface area (Å²) in [6.07, 6.45) is 0.811. The second kappa shape index (κ2) is 2.93. The second-order valence-corrected chi connectivity index (χ2v) is 2.63. The van der Waals surface area contributed by atoms with E-state index in [-0.39, 0.29) is 5.82 Å². The van der Waals surface area contributed by atoms with Gasteiger partial charge in [-0.3, -0.25) is 0 Å². The first-order valence-corrected chi connectivity index (χ1v) is 3.81. The van der Waals surface area contributed by atoms with Crippen LogP contribution < -0.4 is 0 Å². The van der Waals surface area contributed by atoms with Gasteiger partial charge in [-0.1, -0.05) is 17.3 Å². The summed E-state index contributed by atoms with van der Waals surface area (Å²) in [5.41, 5.74) is 1.84. The van der Waals surface area contributed by atoms with E-state index >= 15 is 0 Å². The molecule has 1 aromatic rings. The molecule has 0 saturated heterocycles. The molecule has 1 aromatic carbocycles. The Morgan fingerprint density at radius 3 is 2.58 bits per heavy atom. The van der Waals surface area contributed by atoms with Crippen molar-refractivity contribution in [2.75, 3.05) is 6.61 Å². The average molecular weight is 165 g/mol. The van der Waals surface area contributed by atoms with E-state index in [9.17, 15) is 4.39 Å². The zero-order valence-electron chi connectivity index (χ0n) is 6.46. The summed E-state index contributed by atoms with van der Waals surface area (Å²) in [7, 11) is 0. The largest absolute Gasteiger partial charge is 0.395 e. The van der Waals surface area contributed by atoms with Crippen LogP contribution in [0, 0.1) is 5.82 Å². The Bertz CT molecular complexity index is 305. The predicted octanol–water partition coefficient (Wildman–Crippen LogP) is 1.95. The van der Waals surface area contributed by atoms with Crippen LogP contribution >= 0.6 is 0 Å². The minimum Gasteiger partial charge on any atom is -0.395 e. The molecule has 0 N–H and O–H groups in total. The van der Waals surface area contributed by atoms with E-state index < -0.39 is 0 Å². The van der Waals surface area contributed by atoms with Gasteiger partial charge in [-0.2, -0.15) is 0 Å². The highest BCUT2D eigenvalue weighted by Crippen LogP contribution is 2.11. The zero-order chi connectivity index (χ0) is 8.39. The molecule has 0 fully saturated rings. The summed E-state index contributed by atoms with van der Waals surface area (Å²) >= 11 is 0. The fraction of sp³-hybridized carbons (Fsp3) is 0.222. The van der Waals surface area contributed by atoms with Crippen LogP contribution in [0.15, 0.2) is 29.4 Å². The zero-order valence-corrected chi connectivity index (χ0v) is 6.46. The molecule has 1 aliphatic heterocycles. The van der Waals surface area contributed by atoms with Crippen molar-refractivity contribution in [1.29, 1.82) is 0 Å². The summed E-state index contributed by atoms with van der Waals surface area (Å²) < 4.78 is 12.5. The molecule has 12 heavy (non-hydrogen) atoms. The molecular formula is C9H8FNO. The van der Waals surface area contributed by atoms with Gasteiger partial charge in [-0.25, -0.2) is 4.39 Å². The van der Waals surface area contributed by atoms with Gasteiger partial charge < -0.3 is 4.84 Å². The summed E-state index contributed by atoms with van der Waals surface area (Å²) in [5, 5.41) is 3.83. The molecule has 0 amide bonds. The van der Waals surface area contributed by atoms with E-state index in [2.05, 4.69) is 5.16 Å². The van der Waals surface area contributed by atoms with Crippen LogP contribution in [0.4, 0.5) is 4.39 Å². The first-order chi connectivity index (χ1) is 5.86. The van der Waals surface area contributed by atoms with Crippen LogP contribution in [0.2, 0.25) is 0 Å². The third kappa shape index (κ3) is 1.30. The van der Waals surface area contributed by atoms with Crippen molar-refractivity contribution in [3.8, 4) is 0 Å². The summed E-state index contributed by atoms with van der Waals surface area (Å²) in [6, 6.07) is 6.28. The van der Waals surface area contributed by atoms with Crippen molar-refractivity contribution in [3.05, 3.63) is 35.6 Å². The Kier molecular flexibility index (Phi) is 1.78. The van der Waals surface area contributed by atoms with E-state index in [1.54, 1.807) is 12.1 Å². The van der Waals surface area contributed by atoms with Crippen LogP contribution in [-0.4, -0.2) is 12.3 Å². The molecule has 0 atom stereocenters. The Balaban J connectivity index is 2.28. The fourth-order valence-corrected chi connectivity index (χ4v) is 1.15. The second-order valence-electron chi connectivity index (χ2n) is 2.63. The third-order valence-electron chi connectivity index (χ3n) is 1.78. The van der Waals surface area contributed by atoms with E-state index in [4.69, 9.17) is 4.84 Å². The van der Waals surface area contributed by atoms with Gasteiger partial charge in [-0.05, 0) is 17.7 Å². The molecule has 0 unspecified atom stereocenters. The van der Waals surface area contributed by atoms with Crippen LogP contribution in [-0.2, 0) is 4.84 Å². The summed E-state index contributed by atoms with van der Waals surface area (Å²) in [6.45, 7) is 0.632. The Labute approximate surface area is 69.6 Å². The number of halogens is 1. The molecule has 0 spiro atoms. The maximum Gasteiger partial charge on any atom is 0.123 e. The summed E-state index contributed by atoms with van der Waals surface area (Å²) in [4.78, 5) is 4.84. The lowest BCUT2D eigenvalue weighted by molar-refractivity contribution is 0.174. The van der Waals surface area contributed by atoms with E-state index in [0.29, 0.717) is 6.61 Å². The SMILES string of the molecule is Fc1ccc(C2=NOCC2)cc1. The number of oxime groups is 1. The minimum atomic E-state index is -0.224. The first-order valence-electron chi connectivity index (χ1n) is 3.81. The predicted molar refractivity (Wildman–Crippen MR) is 43.5 cm³/mol. The molecule has 3 heteroatoms. The lowest BCUT2D eigenvalue weighted by atomic mass is 10.1. The van der Waals surface area contributed by atoms with Gasteiger partial charge in [0.1, 0.15) is 12.4 Å². The van der Waals surface area contributed by atoms with Crippen molar-refractivity contribution in [1.82, 2.24) is 0 Å². The normalized spacial score (nSPS) is 15.6. The van der Waals surface area contributed by atoms with Gasteiger partial charge in [0, 0.05) is 6.42 Å². The highest BCUT2D eigenvalue weighted by molar-refractivity contribution is 6.00. The Hall–Kier alpha value is -1.38. The van der Waals surface area contributed by atoms with E-state index in [1.807, 2.05) is 0 Å². The van der Waals surface area contributed by atoms with Gasteiger partial charge >= 0.3 is 0 Å². The number of hydrogen-bond acceptors (Lipinski definition) is 2. The lowest BCUT2D eigenvalue weighted by Crippen LogP contribution is -1.96. The monoisotopic (exact) mass is 165 g/mol. The molecule has 0 radical (unpaired) electrons. The van der Waals surface area contributed by atoms with E-state index in [1.165, 1.54) is 12.1 Å². The number of nitrogens with zero attached hydrogens (tertiary/aromatic N) is 1. The third-order valence-corrected chi connectivity index (χ3v) is 1.78. The van der Waals surface area contributed by atoms with Crippen molar-refractivity contribution < 1.29 is 9.23 Å². The van der Waals surface area contributed by atoms with Crippen LogP contribution in [0.25, 0.3) is 0 Å². The number of benzene rings is 1. The van der Waals surface area contributed by atoms with Crippen LogP contribution in [0.5, 0.6) is 0 Å². The Morgan fingerprint density at radius 1 is 1.25 bits per heavy atom. The quantitative estimate of drug-likeness (QED) is 0.623. The number of rotatable bonds is 1. The van der Waals surface area contributed by atoms with Gasteiger partial charge in [0.15, 0.2) is 0 Å². The van der Waals surface area contributed by atoms with Gasteiger partial charge in [-0.15, -0.1) is 0 Å². The molecule has 0 aromatic heterocycles. The van der Waals surface area contributed by atoms with Crippen molar-refractivity contribution in [2.24, 2.45) is 5.16 Å². The average Bonchev–Trinajstić information content (AvgIpc) is 2.58. The van der Waals surface area contributed by atoms with Crippen molar-refractivity contribution in [3.63, 3.8) is 0 Å². The number of hydrogen-bond donors (Lipinski definition) is 0. The smallest absolute Gasteiger partial charge is 0.123 e. The Morgan fingerprint density at radius 2 is 2.00 bits per heavy atom. The first kappa shape index (κ1) is 7.28. The molecule has 0 saturated carbocycles. The van der Waals surface area contributed by atoms with Crippen LogP contribution in [0.1, 0.15) is 12.0 Å². The molecule has 0 bridgehead atoms. The molecule has 0 aliphatic carbocycles. The standard InChI is InChI=1S/C9H8FNO/c10-8-3-1-7(2-4-8)9-5-6-12-11-9/h1-4H,5-6H2. The van der Waals surface area contributed by atoms with Gasteiger partial charge in [0.2, 0.25) is 0 Å². The molecule has 1 aliphatic rings. The highest BCUT2D eigenvalue weighted by atomic mass is 19.1. The van der Waals surface area contributed by atoms with Crippen LogP contribution in [0.3, 0.4) is 0 Å². The molecule has 1 heterocycles. The summed E-state index contributed by atoms with van der Waals surface area (Å²) in [5.74, 6) is -0.224.